The zero-order chi connectivity index (χ0) is 64.7. The second-order valence-electron chi connectivity index (χ2n) is 28.0. The molecular weight excluding hydrogens is 1100 g/mol. The van der Waals surface area contributed by atoms with E-state index in [2.05, 4.69) is 50.3 Å². The van der Waals surface area contributed by atoms with E-state index in [0.29, 0.717) is 17.4 Å². The van der Waals surface area contributed by atoms with Gasteiger partial charge in [0.15, 0.2) is 6.10 Å². The van der Waals surface area contributed by atoms with Crippen molar-refractivity contribution in [1.29, 1.82) is 0 Å². The van der Waals surface area contributed by atoms with Crippen molar-refractivity contribution in [2.75, 3.05) is 47.5 Å². The molecule has 0 aliphatic carbocycles. The second-order valence-corrected chi connectivity index (χ2v) is 28.0. The van der Waals surface area contributed by atoms with Crippen molar-refractivity contribution >= 4 is 17.9 Å². The molecule has 1 N–H and O–H groups in total. The molecule has 524 valence electrons. The Bertz CT molecular complexity index is 1550. The highest BCUT2D eigenvalue weighted by Gasteiger charge is 2.25. The fourth-order valence-electron chi connectivity index (χ4n) is 11.9. The zero-order valence-electron chi connectivity index (χ0n) is 60.1. The highest BCUT2D eigenvalue weighted by Crippen LogP contribution is 2.20. The Morgan fingerprint density at radius 2 is 0.607 bits per heavy atom. The number of quaternary nitrogens is 1. The van der Waals surface area contributed by atoms with Gasteiger partial charge in [-0.2, -0.15) is 0 Å². The Hall–Kier alpha value is -2.49. The van der Waals surface area contributed by atoms with Crippen molar-refractivity contribution < 1.29 is 42.9 Å². The molecule has 0 heterocycles. The maximum absolute atomic E-state index is 13.0. The molecule has 0 fully saturated rings. The number of allylic oxidation sites excluding steroid dienone is 6. The standard InChI is InChI=1S/C80H151NO8/c1-6-8-10-12-14-16-18-20-22-24-26-28-30-31-32-33-34-35-36-37-38-39-40-41-42-43-44-45-46-47-49-51-53-55-57-59-61-63-65-67-69-71-78(83)89-76(75-88-80(79(84)85)86-73-72-81(3,4)5)74-87-77(82)70-68-66-64-62-60-58-56-54-52-50-48-29-27-25-23-21-19-17-15-13-11-9-7-2/h18,20,24,26,30-31,76,80H,6-17,19,21-23,25,27-29,32-75H2,1-5H3/p+1/b20-18-,26-24-,31-30-. The molecule has 0 saturated carbocycles. The summed E-state index contributed by atoms with van der Waals surface area (Å²) in [6, 6.07) is 0. The van der Waals surface area contributed by atoms with Crippen molar-refractivity contribution in [3.63, 3.8) is 0 Å². The highest BCUT2D eigenvalue weighted by molar-refractivity contribution is 5.71. The van der Waals surface area contributed by atoms with Gasteiger partial charge >= 0.3 is 17.9 Å². The van der Waals surface area contributed by atoms with Gasteiger partial charge in [-0.1, -0.05) is 371 Å². The minimum Gasteiger partial charge on any atom is -0.477 e. The van der Waals surface area contributed by atoms with Gasteiger partial charge in [-0.15, -0.1) is 0 Å². The maximum atomic E-state index is 13.0. The van der Waals surface area contributed by atoms with Crippen LogP contribution in [0.4, 0.5) is 0 Å². The van der Waals surface area contributed by atoms with E-state index in [1.165, 1.54) is 321 Å². The summed E-state index contributed by atoms with van der Waals surface area (Å²) in [5, 5.41) is 9.76. The number of nitrogens with zero attached hydrogens (tertiary/aromatic N) is 1. The Balaban J connectivity index is 3.93. The molecule has 2 unspecified atom stereocenters. The third kappa shape index (κ3) is 72.8. The average Bonchev–Trinajstić information content (AvgIpc) is 3.64. The van der Waals surface area contributed by atoms with Crippen molar-refractivity contribution in [2.45, 2.75) is 411 Å². The third-order valence-corrected chi connectivity index (χ3v) is 17.9. The molecule has 0 spiro atoms. The van der Waals surface area contributed by atoms with E-state index >= 15 is 0 Å². The number of hydrogen-bond acceptors (Lipinski definition) is 7. The molecular formula is C80H152NO8+. The largest absolute Gasteiger partial charge is 0.477 e. The van der Waals surface area contributed by atoms with Gasteiger partial charge in [-0.25, -0.2) is 4.79 Å². The van der Waals surface area contributed by atoms with Crippen molar-refractivity contribution in [1.82, 2.24) is 0 Å². The smallest absolute Gasteiger partial charge is 0.361 e. The van der Waals surface area contributed by atoms with E-state index in [-0.39, 0.29) is 38.2 Å². The molecule has 0 saturated heterocycles. The van der Waals surface area contributed by atoms with Crippen LogP contribution in [0, 0.1) is 0 Å². The molecule has 2 atom stereocenters. The molecule has 0 aliphatic heterocycles. The lowest BCUT2D eigenvalue weighted by Gasteiger charge is -2.25. The lowest BCUT2D eigenvalue weighted by molar-refractivity contribution is -0.870. The molecule has 89 heavy (non-hydrogen) atoms. The first-order valence-electron chi connectivity index (χ1n) is 39.2. The van der Waals surface area contributed by atoms with Gasteiger partial charge in [0, 0.05) is 12.8 Å². The molecule has 0 bridgehead atoms. The molecule has 0 aliphatic rings. The van der Waals surface area contributed by atoms with Crippen LogP contribution in [0.2, 0.25) is 0 Å². The summed E-state index contributed by atoms with van der Waals surface area (Å²) in [5.74, 6) is -1.97. The van der Waals surface area contributed by atoms with Crippen LogP contribution in [-0.2, 0) is 33.3 Å². The van der Waals surface area contributed by atoms with E-state index in [9.17, 15) is 19.5 Å². The van der Waals surface area contributed by atoms with E-state index in [1.54, 1.807) is 0 Å². The normalized spacial score (nSPS) is 12.8. The van der Waals surface area contributed by atoms with E-state index in [4.69, 9.17) is 18.9 Å². The first-order valence-corrected chi connectivity index (χ1v) is 39.2. The average molecular weight is 1260 g/mol. The molecule has 0 radical (unpaired) electrons. The van der Waals surface area contributed by atoms with Gasteiger partial charge in [-0.05, 0) is 51.4 Å². The number of esters is 2. The summed E-state index contributed by atoms with van der Waals surface area (Å²) >= 11 is 0. The van der Waals surface area contributed by atoms with Crippen molar-refractivity contribution in [3.8, 4) is 0 Å². The molecule has 0 rings (SSSR count). The van der Waals surface area contributed by atoms with Crippen LogP contribution >= 0.6 is 0 Å². The van der Waals surface area contributed by atoms with Crippen molar-refractivity contribution in [3.05, 3.63) is 36.5 Å². The van der Waals surface area contributed by atoms with Crippen LogP contribution in [-0.4, -0.2) is 87.4 Å². The quantitative estimate of drug-likeness (QED) is 0.0211. The number of carboxylic acids is 1. The van der Waals surface area contributed by atoms with Crippen LogP contribution in [0.5, 0.6) is 0 Å². The van der Waals surface area contributed by atoms with Crippen molar-refractivity contribution in [2.24, 2.45) is 0 Å². The summed E-state index contributed by atoms with van der Waals surface area (Å²) in [6.45, 7) is 4.95. The number of unbranched alkanes of at least 4 members (excludes halogenated alkanes) is 53. The van der Waals surface area contributed by atoms with Gasteiger partial charge in [0.25, 0.3) is 6.29 Å². The molecule has 0 aromatic rings. The van der Waals surface area contributed by atoms with Crippen LogP contribution in [0.1, 0.15) is 399 Å². The predicted molar refractivity (Wildman–Crippen MR) is 383 cm³/mol. The fourth-order valence-corrected chi connectivity index (χ4v) is 11.9. The first-order chi connectivity index (χ1) is 43.6. The number of carbonyl (C=O) groups excluding carboxylic acids is 2. The summed E-state index contributed by atoms with van der Waals surface area (Å²) in [6.07, 6.45) is 88.7. The zero-order valence-corrected chi connectivity index (χ0v) is 60.1. The summed E-state index contributed by atoms with van der Waals surface area (Å²) < 4.78 is 23.0. The number of carboxylic acid groups (broad SMARTS) is 1. The number of aliphatic carboxylic acids is 1. The highest BCUT2D eigenvalue weighted by atomic mass is 16.7. The Morgan fingerprint density at radius 3 is 0.899 bits per heavy atom. The van der Waals surface area contributed by atoms with Gasteiger partial charge in [0.2, 0.25) is 0 Å². The number of ether oxygens (including phenoxy) is 4. The van der Waals surface area contributed by atoms with Crippen LogP contribution in [0.15, 0.2) is 36.5 Å². The number of hydrogen-bond donors (Lipinski definition) is 1. The number of rotatable bonds is 74. The van der Waals surface area contributed by atoms with Crippen LogP contribution in [0.3, 0.4) is 0 Å². The SMILES string of the molecule is CCCCCCC/C=C\C/C=C\C/C=C\CCCCCCCCCCCCCCCCCCCCCCCCCCCCC(=O)OC(COC(=O)CCCCCCCCCCCCCCCCCCCCCCCCC)COC(OCC[N+](C)(C)C)C(=O)O. The third-order valence-electron chi connectivity index (χ3n) is 17.9. The minimum atomic E-state index is -1.51. The predicted octanol–water partition coefficient (Wildman–Crippen LogP) is 24.7. The molecule has 9 heteroatoms. The monoisotopic (exact) mass is 1260 g/mol. The topological polar surface area (TPSA) is 108 Å². The first kappa shape index (κ1) is 86.5. The lowest BCUT2D eigenvalue weighted by Crippen LogP contribution is -2.40. The van der Waals surface area contributed by atoms with Crippen LogP contribution < -0.4 is 0 Å². The Kier molecular flexibility index (Phi) is 69.4. The minimum absolute atomic E-state index is 0.174. The molecule has 0 aromatic heterocycles. The Labute approximate surface area is 553 Å². The number of carbonyl (C=O) groups is 3. The van der Waals surface area contributed by atoms with Gasteiger partial charge in [0.1, 0.15) is 13.2 Å². The maximum Gasteiger partial charge on any atom is 0.361 e. The summed E-state index contributed by atoms with van der Waals surface area (Å²) in [5.41, 5.74) is 0. The summed E-state index contributed by atoms with van der Waals surface area (Å²) in [4.78, 5) is 37.7. The molecule has 0 amide bonds. The van der Waals surface area contributed by atoms with E-state index in [1.807, 2.05) is 21.1 Å². The number of likely N-dealkylation sites (N-methyl/N-ethyl adjacent to an activating group) is 1. The van der Waals surface area contributed by atoms with Gasteiger partial charge in [-0.3, -0.25) is 9.59 Å². The van der Waals surface area contributed by atoms with Gasteiger partial charge < -0.3 is 28.5 Å². The summed E-state index contributed by atoms with van der Waals surface area (Å²) in [7, 11) is 6.00. The lowest BCUT2D eigenvalue weighted by atomic mass is 10.0. The molecule has 9 nitrogen and oxygen atoms in total. The molecule has 0 aromatic carbocycles. The fraction of sp³-hybridized carbons (Fsp3) is 0.887. The van der Waals surface area contributed by atoms with E-state index < -0.39 is 18.4 Å². The Morgan fingerprint density at radius 1 is 0.337 bits per heavy atom. The second kappa shape index (κ2) is 71.4. The van der Waals surface area contributed by atoms with E-state index in [0.717, 1.165) is 51.4 Å². The van der Waals surface area contributed by atoms with Gasteiger partial charge in [0.05, 0.1) is 34.4 Å². The van der Waals surface area contributed by atoms with Crippen LogP contribution in [0.25, 0.3) is 0 Å².